The second-order valence-electron chi connectivity index (χ2n) is 4.54. The number of benzene rings is 1. The molecule has 5 heteroatoms. The van der Waals surface area contributed by atoms with Gasteiger partial charge in [-0.25, -0.2) is 9.97 Å². The van der Waals surface area contributed by atoms with Crippen molar-refractivity contribution in [2.45, 2.75) is 20.4 Å². The zero-order chi connectivity index (χ0) is 14.5. The average molecular weight is 270 g/mol. The van der Waals surface area contributed by atoms with Gasteiger partial charge in [-0.05, 0) is 25.0 Å². The van der Waals surface area contributed by atoms with Gasteiger partial charge < -0.3 is 10.6 Å². The molecule has 0 unspecified atom stereocenters. The van der Waals surface area contributed by atoms with Gasteiger partial charge in [0.15, 0.2) is 11.5 Å². The monoisotopic (exact) mass is 270 g/mol. The Hall–Kier alpha value is -2.43. The number of amides is 1. The Morgan fingerprint density at radius 3 is 2.60 bits per heavy atom. The minimum atomic E-state index is -0.193. The summed E-state index contributed by atoms with van der Waals surface area (Å²) in [4.78, 5) is 22.1. The molecule has 1 amide bonds. The SMILES string of the molecule is CCN(Cc1ccccc1C)C(=O)c1nccnc1N. The summed E-state index contributed by atoms with van der Waals surface area (Å²) in [5.41, 5.74) is 8.20. The Labute approximate surface area is 118 Å². The van der Waals surface area contributed by atoms with E-state index in [2.05, 4.69) is 9.97 Å². The van der Waals surface area contributed by atoms with Gasteiger partial charge in [0.05, 0.1) is 0 Å². The van der Waals surface area contributed by atoms with Crippen molar-refractivity contribution in [3.63, 3.8) is 0 Å². The number of nitrogens with zero attached hydrogens (tertiary/aromatic N) is 3. The van der Waals surface area contributed by atoms with Crippen molar-refractivity contribution in [2.24, 2.45) is 0 Å². The molecular weight excluding hydrogens is 252 g/mol. The number of rotatable bonds is 4. The first-order valence-corrected chi connectivity index (χ1v) is 6.53. The van der Waals surface area contributed by atoms with Crippen molar-refractivity contribution >= 4 is 11.7 Å². The number of carbonyl (C=O) groups is 1. The van der Waals surface area contributed by atoms with Crippen LogP contribution in [-0.4, -0.2) is 27.3 Å². The maximum absolute atomic E-state index is 12.5. The van der Waals surface area contributed by atoms with Crippen LogP contribution in [0.5, 0.6) is 0 Å². The molecule has 0 spiro atoms. The van der Waals surface area contributed by atoms with Crippen molar-refractivity contribution in [3.05, 3.63) is 53.5 Å². The van der Waals surface area contributed by atoms with Gasteiger partial charge >= 0.3 is 0 Å². The second-order valence-corrected chi connectivity index (χ2v) is 4.54. The normalized spacial score (nSPS) is 10.3. The maximum atomic E-state index is 12.5. The highest BCUT2D eigenvalue weighted by Gasteiger charge is 2.19. The lowest BCUT2D eigenvalue weighted by atomic mass is 10.1. The molecule has 20 heavy (non-hydrogen) atoms. The van der Waals surface area contributed by atoms with E-state index in [9.17, 15) is 4.79 Å². The summed E-state index contributed by atoms with van der Waals surface area (Å²) in [6.45, 7) is 5.09. The van der Waals surface area contributed by atoms with Crippen LogP contribution in [0, 0.1) is 6.92 Å². The molecule has 1 heterocycles. The van der Waals surface area contributed by atoms with Gasteiger partial charge in [-0.15, -0.1) is 0 Å². The lowest BCUT2D eigenvalue weighted by Gasteiger charge is -2.21. The van der Waals surface area contributed by atoms with Crippen molar-refractivity contribution in [1.82, 2.24) is 14.9 Å². The molecule has 0 aliphatic heterocycles. The average Bonchev–Trinajstić information content (AvgIpc) is 2.46. The molecule has 0 fully saturated rings. The summed E-state index contributed by atoms with van der Waals surface area (Å²) in [5.74, 6) is -0.0258. The van der Waals surface area contributed by atoms with Gasteiger partial charge in [0, 0.05) is 25.5 Å². The Balaban J connectivity index is 2.23. The topological polar surface area (TPSA) is 72.1 Å². The first kappa shape index (κ1) is 14.0. The van der Waals surface area contributed by atoms with Gasteiger partial charge in [0.25, 0.3) is 5.91 Å². The Morgan fingerprint density at radius 2 is 1.95 bits per heavy atom. The van der Waals surface area contributed by atoms with E-state index in [0.29, 0.717) is 13.1 Å². The van der Waals surface area contributed by atoms with Crippen LogP contribution in [0.2, 0.25) is 0 Å². The molecule has 0 bridgehead atoms. The molecule has 1 aromatic heterocycles. The number of nitrogens with two attached hydrogens (primary N) is 1. The van der Waals surface area contributed by atoms with E-state index in [1.54, 1.807) is 4.90 Å². The van der Waals surface area contributed by atoms with E-state index >= 15 is 0 Å². The minimum Gasteiger partial charge on any atom is -0.382 e. The number of anilines is 1. The highest BCUT2D eigenvalue weighted by molar-refractivity contribution is 5.96. The summed E-state index contributed by atoms with van der Waals surface area (Å²) in [5, 5.41) is 0. The predicted octanol–water partition coefficient (Wildman–Crippen LogP) is 2.03. The fourth-order valence-electron chi connectivity index (χ4n) is 1.98. The van der Waals surface area contributed by atoms with Crippen LogP contribution in [-0.2, 0) is 6.54 Å². The van der Waals surface area contributed by atoms with E-state index in [-0.39, 0.29) is 17.4 Å². The lowest BCUT2D eigenvalue weighted by Crippen LogP contribution is -2.32. The molecule has 2 aromatic rings. The Morgan fingerprint density at radius 1 is 1.25 bits per heavy atom. The third kappa shape index (κ3) is 2.93. The molecule has 104 valence electrons. The first-order valence-electron chi connectivity index (χ1n) is 6.53. The number of aryl methyl sites for hydroxylation is 1. The third-order valence-corrected chi connectivity index (χ3v) is 3.22. The van der Waals surface area contributed by atoms with Crippen LogP contribution >= 0.6 is 0 Å². The number of hydrogen-bond donors (Lipinski definition) is 1. The van der Waals surface area contributed by atoms with Crippen LogP contribution < -0.4 is 5.73 Å². The number of aromatic nitrogens is 2. The van der Waals surface area contributed by atoms with Crippen molar-refractivity contribution in [3.8, 4) is 0 Å². The zero-order valence-electron chi connectivity index (χ0n) is 11.7. The standard InChI is InChI=1S/C15H18N4O/c1-3-19(10-12-7-5-4-6-11(12)2)15(20)13-14(16)18-9-8-17-13/h4-9H,3,10H2,1-2H3,(H2,16,18). The van der Waals surface area contributed by atoms with E-state index in [1.165, 1.54) is 12.4 Å². The van der Waals surface area contributed by atoms with E-state index in [1.807, 2.05) is 38.1 Å². The molecule has 5 nitrogen and oxygen atoms in total. The molecule has 2 rings (SSSR count). The fourth-order valence-corrected chi connectivity index (χ4v) is 1.98. The fraction of sp³-hybridized carbons (Fsp3) is 0.267. The molecule has 1 aromatic carbocycles. The molecular formula is C15H18N4O. The zero-order valence-corrected chi connectivity index (χ0v) is 11.7. The van der Waals surface area contributed by atoms with E-state index < -0.39 is 0 Å². The third-order valence-electron chi connectivity index (χ3n) is 3.22. The Kier molecular flexibility index (Phi) is 4.30. The molecule has 0 radical (unpaired) electrons. The molecule has 0 aliphatic carbocycles. The highest BCUT2D eigenvalue weighted by Crippen LogP contribution is 2.14. The van der Waals surface area contributed by atoms with Crippen LogP contribution in [0.15, 0.2) is 36.7 Å². The van der Waals surface area contributed by atoms with Crippen LogP contribution in [0.1, 0.15) is 28.5 Å². The maximum Gasteiger partial charge on any atom is 0.276 e. The van der Waals surface area contributed by atoms with Crippen molar-refractivity contribution in [1.29, 1.82) is 0 Å². The van der Waals surface area contributed by atoms with Gasteiger partial charge in [-0.3, -0.25) is 4.79 Å². The van der Waals surface area contributed by atoms with Gasteiger partial charge in [0.2, 0.25) is 0 Å². The van der Waals surface area contributed by atoms with Crippen molar-refractivity contribution in [2.75, 3.05) is 12.3 Å². The van der Waals surface area contributed by atoms with Gasteiger partial charge in [-0.1, -0.05) is 24.3 Å². The number of hydrogen-bond acceptors (Lipinski definition) is 4. The van der Waals surface area contributed by atoms with Crippen molar-refractivity contribution < 1.29 is 4.79 Å². The van der Waals surface area contributed by atoms with E-state index in [0.717, 1.165) is 11.1 Å². The predicted molar refractivity (Wildman–Crippen MR) is 78.0 cm³/mol. The summed E-state index contributed by atoms with van der Waals surface area (Å²) in [6, 6.07) is 8.00. The summed E-state index contributed by atoms with van der Waals surface area (Å²) in [6.07, 6.45) is 2.95. The quantitative estimate of drug-likeness (QED) is 0.922. The Bertz CT molecular complexity index is 612. The van der Waals surface area contributed by atoms with Gasteiger partial charge in [0.1, 0.15) is 0 Å². The first-order chi connectivity index (χ1) is 9.63. The molecule has 0 atom stereocenters. The van der Waals surface area contributed by atoms with Gasteiger partial charge in [-0.2, -0.15) is 0 Å². The smallest absolute Gasteiger partial charge is 0.276 e. The van der Waals surface area contributed by atoms with Crippen LogP contribution in [0.25, 0.3) is 0 Å². The largest absolute Gasteiger partial charge is 0.382 e. The minimum absolute atomic E-state index is 0.167. The molecule has 2 N–H and O–H groups in total. The summed E-state index contributed by atoms with van der Waals surface area (Å²) >= 11 is 0. The summed E-state index contributed by atoms with van der Waals surface area (Å²) < 4.78 is 0. The van der Waals surface area contributed by atoms with Crippen LogP contribution in [0.3, 0.4) is 0 Å². The number of nitrogen functional groups attached to an aromatic ring is 1. The summed E-state index contributed by atoms with van der Waals surface area (Å²) in [7, 11) is 0. The number of carbonyl (C=O) groups excluding carboxylic acids is 1. The van der Waals surface area contributed by atoms with Crippen LogP contribution in [0.4, 0.5) is 5.82 Å². The second kappa shape index (κ2) is 6.14. The molecule has 0 saturated carbocycles. The lowest BCUT2D eigenvalue weighted by molar-refractivity contribution is 0.0747. The molecule has 0 saturated heterocycles. The molecule has 0 aliphatic rings. The van der Waals surface area contributed by atoms with E-state index in [4.69, 9.17) is 5.73 Å². The highest BCUT2D eigenvalue weighted by atomic mass is 16.2.